The molecule has 0 heterocycles. The molecule has 80 valence electrons. The highest BCUT2D eigenvalue weighted by Gasteiger charge is 2.36. The predicted octanol–water partition coefficient (Wildman–Crippen LogP) is 2.69. The minimum absolute atomic E-state index is 0.0694. The predicted molar refractivity (Wildman–Crippen MR) is 49.1 cm³/mol. The van der Waals surface area contributed by atoms with Crippen molar-refractivity contribution in [2.75, 3.05) is 0 Å². The highest BCUT2D eigenvalue weighted by Crippen LogP contribution is 2.35. The minimum atomic E-state index is -4.59. The maximum atomic E-state index is 12.6. The zero-order chi connectivity index (χ0) is 11.6. The second-order valence-electron chi connectivity index (χ2n) is 2.80. The number of hydrogen-bond acceptors (Lipinski definition) is 2. The van der Waals surface area contributed by atoms with Crippen molar-refractivity contribution in [3.05, 3.63) is 33.8 Å². The van der Waals surface area contributed by atoms with Crippen molar-refractivity contribution in [3.63, 3.8) is 0 Å². The lowest BCUT2D eigenvalue weighted by molar-refractivity contribution is -0.138. The Morgan fingerprint density at radius 1 is 1.40 bits per heavy atom. The van der Waals surface area contributed by atoms with E-state index in [0.29, 0.717) is 0 Å². The summed E-state index contributed by atoms with van der Waals surface area (Å²) in [6, 6.07) is 3.55. The maximum Gasteiger partial charge on any atom is 0.418 e. The van der Waals surface area contributed by atoms with Gasteiger partial charge in [0.1, 0.15) is 0 Å². The number of nitriles is 1. The van der Waals surface area contributed by atoms with Crippen LogP contribution >= 0.6 is 11.6 Å². The average molecular weight is 235 g/mol. The Morgan fingerprint density at radius 2 is 2.00 bits per heavy atom. The molecule has 1 aromatic rings. The summed E-state index contributed by atoms with van der Waals surface area (Å²) >= 11 is 5.56. The molecule has 1 aromatic carbocycles. The van der Waals surface area contributed by atoms with Crippen LogP contribution in [-0.4, -0.2) is 0 Å². The number of rotatable bonds is 1. The normalized spacial score (nSPS) is 11.2. The summed E-state index contributed by atoms with van der Waals surface area (Å²) in [5, 5.41) is 8.65. The highest BCUT2D eigenvalue weighted by molar-refractivity contribution is 6.30. The van der Waals surface area contributed by atoms with E-state index in [4.69, 9.17) is 22.6 Å². The van der Waals surface area contributed by atoms with Gasteiger partial charge in [0, 0.05) is 11.6 Å². The van der Waals surface area contributed by atoms with Crippen molar-refractivity contribution in [1.82, 2.24) is 0 Å². The first-order chi connectivity index (χ1) is 6.90. The van der Waals surface area contributed by atoms with Gasteiger partial charge in [-0.1, -0.05) is 11.6 Å². The van der Waals surface area contributed by atoms with Crippen LogP contribution in [0.3, 0.4) is 0 Å². The number of halogens is 4. The first kappa shape index (κ1) is 11.8. The molecule has 0 amide bonds. The largest absolute Gasteiger partial charge is 0.418 e. The van der Waals surface area contributed by atoms with Gasteiger partial charge >= 0.3 is 6.18 Å². The van der Waals surface area contributed by atoms with Gasteiger partial charge in [0.15, 0.2) is 0 Å². The van der Waals surface area contributed by atoms with Gasteiger partial charge in [-0.25, -0.2) is 0 Å². The van der Waals surface area contributed by atoms with Gasteiger partial charge in [0.25, 0.3) is 0 Å². The van der Waals surface area contributed by atoms with Crippen molar-refractivity contribution in [3.8, 4) is 6.07 Å². The van der Waals surface area contributed by atoms with Gasteiger partial charge in [-0.05, 0) is 17.7 Å². The lowest BCUT2D eigenvalue weighted by Crippen LogP contribution is -2.14. The average Bonchev–Trinajstić information content (AvgIpc) is 2.14. The van der Waals surface area contributed by atoms with Gasteiger partial charge in [0.05, 0.1) is 17.2 Å². The summed E-state index contributed by atoms with van der Waals surface area (Å²) < 4.78 is 37.7. The zero-order valence-corrected chi connectivity index (χ0v) is 8.15. The number of alkyl halides is 3. The molecule has 2 N–H and O–H groups in total. The first-order valence-electron chi connectivity index (χ1n) is 3.90. The monoisotopic (exact) mass is 234 g/mol. The fraction of sp³-hybridized carbons (Fsp3) is 0.222. The van der Waals surface area contributed by atoms with Crippen LogP contribution in [0.1, 0.15) is 16.7 Å². The Morgan fingerprint density at radius 3 is 2.40 bits per heavy atom. The van der Waals surface area contributed by atoms with E-state index in [0.717, 1.165) is 12.1 Å². The van der Waals surface area contributed by atoms with Crippen molar-refractivity contribution in [1.29, 1.82) is 5.26 Å². The van der Waals surface area contributed by atoms with Gasteiger partial charge in [0.2, 0.25) is 0 Å². The summed E-state index contributed by atoms with van der Waals surface area (Å²) in [5.74, 6) is 0. The second kappa shape index (κ2) is 4.09. The summed E-state index contributed by atoms with van der Waals surface area (Å²) in [7, 11) is 0. The summed E-state index contributed by atoms with van der Waals surface area (Å²) in [4.78, 5) is 0. The summed E-state index contributed by atoms with van der Waals surface area (Å²) in [6.45, 7) is -0.315. The lowest BCUT2D eigenvalue weighted by Gasteiger charge is -2.13. The SMILES string of the molecule is N#Cc1cc(Cl)cc(CN)c1C(F)(F)F. The quantitative estimate of drug-likeness (QED) is 0.812. The van der Waals surface area contributed by atoms with Gasteiger partial charge in [-0.3, -0.25) is 0 Å². The Labute approximate surface area is 89.1 Å². The van der Waals surface area contributed by atoms with Gasteiger partial charge in [-0.15, -0.1) is 0 Å². The number of hydrogen-bond donors (Lipinski definition) is 1. The molecular formula is C9H6ClF3N2. The molecule has 0 fully saturated rings. The first-order valence-corrected chi connectivity index (χ1v) is 4.27. The summed E-state index contributed by atoms with van der Waals surface area (Å²) in [5.41, 5.74) is 3.49. The maximum absolute atomic E-state index is 12.6. The van der Waals surface area contributed by atoms with E-state index in [2.05, 4.69) is 0 Å². The molecular weight excluding hydrogens is 229 g/mol. The van der Waals surface area contributed by atoms with E-state index in [1.54, 1.807) is 0 Å². The molecule has 0 saturated heterocycles. The molecule has 0 spiro atoms. The van der Waals surface area contributed by atoms with Crippen molar-refractivity contribution >= 4 is 11.6 Å². The fourth-order valence-corrected chi connectivity index (χ4v) is 1.49. The van der Waals surface area contributed by atoms with Crippen molar-refractivity contribution in [2.45, 2.75) is 12.7 Å². The second-order valence-corrected chi connectivity index (χ2v) is 3.24. The van der Waals surface area contributed by atoms with Crippen LogP contribution in [0, 0.1) is 11.3 Å². The van der Waals surface area contributed by atoms with Crippen LogP contribution in [0.5, 0.6) is 0 Å². The topological polar surface area (TPSA) is 49.8 Å². The van der Waals surface area contributed by atoms with E-state index in [1.807, 2.05) is 0 Å². The third kappa shape index (κ3) is 2.41. The molecule has 0 aliphatic heterocycles. The summed E-state index contributed by atoms with van der Waals surface area (Å²) in [6.07, 6.45) is -4.59. The third-order valence-electron chi connectivity index (χ3n) is 1.81. The Kier molecular flexibility index (Phi) is 3.22. The molecule has 0 aromatic heterocycles. The van der Waals surface area contributed by atoms with Crippen LogP contribution < -0.4 is 5.73 Å². The number of benzene rings is 1. The lowest BCUT2D eigenvalue weighted by atomic mass is 10.0. The van der Waals surface area contributed by atoms with E-state index < -0.39 is 17.3 Å². The molecule has 1 rings (SSSR count). The number of nitrogens with two attached hydrogens (primary N) is 1. The molecule has 15 heavy (non-hydrogen) atoms. The highest BCUT2D eigenvalue weighted by atomic mass is 35.5. The molecule has 0 saturated carbocycles. The third-order valence-corrected chi connectivity index (χ3v) is 2.03. The van der Waals surface area contributed by atoms with Gasteiger partial charge in [-0.2, -0.15) is 18.4 Å². The van der Waals surface area contributed by atoms with Crippen molar-refractivity contribution in [2.24, 2.45) is 5.73 Å². The van der Waals surface area contributed by atoms with Crippen LogP contribution in [0.25, 0.3) is 0 Å². The Balaban J connectivity index is 3.53. The Hall–Kier alpha value is -1.25. The standard InChI is InChI=1S/C9H6ClF3N2/c10-7-1-5(3-14)8(9(11,12)13)6(2-7)4-15/h1-2H,3,14H2. The van der Waals surface area contributed by atoms with Crippen molar-refractivity contribution < 1.29 is 13.2 Å². The molecule has 6 heteroatoms. The smallest absolute Gasteiger partial charge is 0.326 e. The van der Waals surface area contributed by atoms with Crippen LogP contribution in [0.15, 0.2) is 12.1 Å². The molecule has 2 nitrogen and oxygen atoms in total. The molecule has 0 aliphatic rings. The van der Waals surface area contributed by atoms with Gasteiger partial charge < -0.3 is 5.73 Å². The van der Waals surface area contributed by atoms with E-state index in [9.17, 15) is 13.2 Å². The van der Waals surface area contributed by atoms with Crippen LogP contribution in [0.2, 0.25) is 5.02 Å². The van der Waals surface area contributed by atoms with E-state index in [-0.39, 0.29) is 17.1 Å². The molecule has 0 bridgehead atoms. The van der Waals surface area contributed by atoms with Crippen LogP contribution in [-0.2, 0) is 12.7 Å². The zero-order valence-electron chi connectivity index (χ0n) is 7.40. The molecule has 0 unspecified atom stereocenters. The minimum Gasteiger partial charge on any atom is -0.326 e. The molecule has 0 atom stereocenters. The van der Waals surface area contributed by atoms with E-state index in [1.165, 1.54) is 6.07 Å². The van der Waals surface area contributed by atoms with E-state index >= 15 is 0 Å². The molecule has 0 radical (unpaired) electrons. The fourth-order valence-electron chi connectivity index (χ4n) is 1.25. The molecule has 0 aliphatic carbocycles. The Bertz CT molecular complexity index is 421. The van der Waals surface area contributed by atoms with Crippen LogP contribution in [0.4, 0.5) is 13.2 Å². The number of nitrogens with zero attached hydrogens (tertiary/aromatic N) is 1.